The number of nitrogens with zero attached hydrogens (tertiary/aromatic N) is 1. The Labute approximate surface area is 126 Å². The van der Waals surface area contributed by atoms with Gasteiger partial charge in [-0.25, -0.2) is 4.98 Å². The molecule has 0 bridgehead atoms. The second-order valence-corrected chi connectivity index (χ2v) is 5.13. The fraction of sp³-hybridized carbons (Fsp3) is 0.571. The molecular formula is C14H18F3N3O2. The Morgan fingerprint density at radius 1 is 1.45 bits per heavy atom. The van der Waals surface area contributed by atoms with Crippen LogP contribution in [0.3, 0.4) is 0 Å². The summed E-state index contributed by atoms with van der Waals surface area (Å²) in [5, 5.41) is 5.89. The van der Waals surface area contributed by atoms with Crippen molar-refractivity contribution in [3.8, 4) is 5.88 Å². The van der Waals surface area contributed by atoms with E-state index in [1.807, 2.05) is 0 Å². The van der Waals surface area contributed by atoms with Gasteiger partial charge in [-0.3, -0.25) is 4.79 Å². The highest BCUT2D eigenvalue weighted by Gasteiger charge is 2.28. The molecule has 0 radical (unpaired) electrons. The van der Waals surface area contributed by atoms with Crippen molar-refractivity contribution >= 4 is 5.91 Å². The van der Waals surface area contributed by atoms with Crippen LogP contribution in [0.25, 0.3) is 0 Å². The number of piperidine rings is 1. The van der Waals surface area contributed by atoms with Gasteiger partial charge in [0.15, 0.2) is 6.61 Å². The highest BCUT2D eigenvalue weighted by molar-refractivity contribution is 5.81. The van der Waals surface area contributed by atoms with Gasteiger partial charge < -0.3 is 15.4 Å². The highest BCUT2D eigenvalue weighted by atomic mass is 19.4. The number of rotatable bonds is 5. The van der Waals surface area contributed by atoms with Crippen LogP contribution in [0.15, 0.2) is 18.3 Å². The van der Waals surface area contributed by atoms with Crippen molar-refractivity contribution in [3.05, 3.63) is 23.9 Å². The zero-order valence-electron chi connectivity index (χ0n) is 11.9. The van der Waals surface area contributed by atoms with Crippen molar-refractivity contribution in [2.45, 2.75) is 38.0 Å². The molecule has 1 saturated heterocycles. The van der Waals surface area contributed by atoms with Gasteiger partial charge in [-0.2, -0.15) is 13.2 Å². The largest absolute Gasteiger partial charge is 0.468 e. The third-order valence-electron chi connectivity index (χ3n) is 3.28. The fourth-order valence-electron chi connectivity index (χ4n) is 2.18. The number of carbonyl (C=O) groups is 1. The summed E-state index contributed by atoms with van der Waals surface area (Å²) in [6.07, 6.45) is -0.184. The first-order chi connectivity index (χ1) is 10.4. The minimum absolute atomic E-state index is 0.103. The van der Waals surface area contributed by atoms with E-state index in [9.17, 15) is 18.0 Å². The molecule has 0 aromatic carbocycles. The Balaban J connectivity index is 1.83. The van der Waals surface area contributed by atoms with E-state index in [1.54, 1.807) is 6.07 Å². The number of aromatic nitrogens is 1. The molecule has 1 aliphatic rings. The van der Waals surface area contributed by atoms with Gasteiger partial charge in [0.25, 0.3) is 0 Å². The number of pyridine rings is 1. The number of alkyl halides is 3. The van der Waals surface area contributed by atoms with Gasteiger partial charge in [0.05, 0.1) is 6.04 Å². The summed E-state index contributed by atoms with van der Waals surface area (Å²) in [7, 11) is 0. The van der Waals surface area contributed by atoms with Gasteiger partial charge in [0.2, 0.25) is 11.8 Å². The number of ether oxygens (including phenoxy) is 1. The normalized spacial score (nSPS) is 18.8. The van der Waals surface area contributed by atoms with Crippen LogP contribution in [0.1, 0.15) is 24.8 Å². The Morgan fingerprint density at radius 2 is 2.27 bits per heavy atom. The zero-order valence-corrected chi connectivity index (χ0v) is 11.9. The van der Waals surface area contributed by atoms with E-state index in [1.165, 1.54) is 12.3 Å². The maximum atomic E-state index is 12.1. The van der Waals surface area contributed by atoms with Crippen molar-refractivity contribution < 1.29 is 22.7 Å². The molecule has 1 atom stereocenters. The Morgan fingerprint density at radius 3 is 2.95 bits per heavy atom. The van der Waals surface area contributed by atoms with Crippen molar-refractivity contribution in [3.63, 3.8) is 0 Å². The third-order valence-corrected chi connectivity index (χ3v) is 3.28. The topological polar surface area (TPSA) is 63.2 Å². The molecule has 0 aliphatic carbocycles. The summed E-state index contributed by atoms with van der Waals surface area (Å²) in [4.78, 5) is 15.7. The molecule has 2 rings (SSSR count). The SMILES string of the molecule is O=C(NCc1ccnc(OCC(F)(F)F)c1)C1CCCCN1. The van der Waals surface area contributed by atoms with Crippen LogP contribution < -0.4 is 15.4 Å². The molecule has 1 fully saturated rings. The number of amides is 1. The molecule has 2 N–H and O–H groups in total. The van der Waals surface area contributed by atoms with Gasteiger partial charge >= 0.3 is 6.18 Å². The van der Waals surface area contributed by atoms with Gasteiger partial charge in [0, 0.05) is 18.8 Å². The van der Waals surface area contributed by atoms with E-state index in [0.29, 0.717) is 5.56 Å². The maximum Gasteiger partial charge on any atom is 0.422 e. The molecule has 0 spiro atoms. The summed E-state index contributed by atoms with van der Waals surface area (Å²) < 4.78 is 40.8. The number of hydrogen-bond donors (Lipinski definition) is 2. The quantitative estimate of drug-likeness (QED) is 0.869. The minimum atomic E-state index is -4.40. The predicted octanol–water partition coefficient (Wildman–Crippen LogP) is 1.78. The molecule has 1 amide bonds. The second kappa shape index (κ2) is 7.44. The number of nitrogens with one attached hydrogen (secondary N) is 2. The van der Waals surface area contributed by atoms with Crippen molar-refractivity contribution in [2.75, 3.05) is 13.2 Å². The number of hydrogen-bond acceptors (Lipinski definition) is 4. The van der Waals surface area contributed by atoms with Gasteiger partial charge in [-0.05, 0) is 31.0 Å². The predicted molar refractivity (Wildman–Crippen MR) is 73.3 cm³/mol. The lowest BCUT2D eigenvalue weighted by Gasteiger charge is -2.22. The van der Waals surface area contributed by atoms with E-state index in [4.69, 9.17) is 0 Å². The third kappa shape index (κ3) is 5.51. The molecule has 1 aromatic heterocycles. The second-order valence-electron chi connectivity index (χ2n) is 5.13. The Hall–Kier alpha value is -1.83. The van der Waals surface area contributed by atoms with E-state index < -0.39 is 12.8 Å². The van der Waals surface area contributed by atoms with Crippen LogP contribution in [0.5, 0.6) is 5.88 Å². The molecule has 1 aliphatic heterocycles. The molecule has 122 valence electrons. The highest BCUT2D eigenvalue weighted by Crippen LogP contribution is 2.17. The first-order valence-electron chi connectivity index (χ1n) is 7.09. The minimum Gasteiger partial charge on any atom is -0.468 e. The summed E-state index contributed by atoms with van der Waals surface area (Å²) in [6.45, 7) is -0.341. The molecule has 1 aromatic rings. The molecule has 2 heterocycles. The summed E-state index contributed by atoms with van der Waals surface area (Å²) >= 11 is 0. The average Bonchev–Trinajstić information content (AvgIpc) is 2.51. The van der Waals surface area contributed by atoms with Crippen LogP contribution in [-0.4, -0.2) is 36.3 Å². The van der Waals surface area contributed by atoms with Gasteiger partial charge in [0.1, 0.15) is 0 Å². The van der Waals surface area contributed by atoms with E-state index in [0.717, 1.165) is 25.8 Å². The lowest BCUT2D eigenvalue weighted by atomic mass is 10.0. The van der Waals surface area contributed by atoms with Crippen molar-refractivity contribution in [2.24, 2.45) is 0 Å². The molecular weight excluding hydrogens is 299 g/mol. The maximum absolute atomic E-state index is 12.1. The smallest absolute Gasteiger partial charge is 0.422 e. The standard InChI is InChI=1S/C14H18F3N3O2/c15-14(16,17)9-22-12-7-10(4-6-19-12)8-20-13(21)11-3-1-2-5-18-11/h4,6-7,11,18H,1-3,5,8-9H2,(H,20,21). The Kier molecular flexibility index (Phi) is 5.59. The fourth-order valence-corrected chi connectivity index (χ4v) is 2.18. The van der Waals surface area contributed by atoms with Crippen molar-refractivity contribution in [1.29, 1.82) is 0 Å². The summed E-state index contributed by atoms with van der Waals surface area (Å²) in [5.74, 6) is -0.214. The first kappa shape index (κ1) is 16.5. The van der Waals surface area contributed by atoms with Crippen LogP contribution in [0.4, 0.5) is 13.2 Å². The van der Waals surface area contributed by atoms with E-state index in [-0.39, 0.29) is 24.4 Å². The van der Waals surface area contributed by atoms with Crippen LogP contribution in [0.2, 0.25) is 0 Å². The number of halogens is 3. The number of carbonyl (C=O) groups excluding carboxylic acids is 1. The van der Waals surface area contributed by atoms with E-state index in [2.05, 4.69) is 20.4 Å². The molecule has 5 nitrogen and oxygen atoms in total. The first-order valence-corrected chi connectivity index (χ1v) is 7.09. The summed E-state index contributed by atoms with van der Waals surface area (Å²) in [5.41, 5.74) is 0.635. The van der Waals surface area contributed by atoms with Crippen LogP contribution in [-0.2, 0) is 11.3 Å². The van der Waals surface area contributed by atoms with E-state index >= 15 is 0 Å². The van der Waals surface area contributed by atoms with Crippen LogP contribution >= 0.6 is 0 Å². The summed E-state index contributed by atoms with van der Waals surface area (Å²) in [6, 6.07) is 2.81. The molecule has 1 unspecified atom stereocenters. The average molecular weight is 317 g/mol. The Bertz CT molecular complexity index is 502. The molecule has 8 heteroatoms. The monoisotopic (exact) mass is 317 g/mol. The molecule has 0 saturated carbocycles. The lowest BCUT2D eigenvalue weighted by molar-refractivity contribution is -0.154. The van der Waals surface area contributed by atoms with Crippen molar-refractivity contribution in [1.82, 2.24) is 15.6 Å². The zero-order chi connectivity index (χ0) is 16.0. The van der Waals surface area contributed by atoms with Gasteiger partial charge in [-0.15, -0.1) is 0 Å². The molecule has 22 heavy (non-hydrogen) atoms. The lowest BCUT2D eigenvalue weighted by Crippen LogP contribution is -2.46. The van der Waals surface area contributed by atoms with Crippen LogP contribution in [0, 0.1) is 0 Å². The van der Waals surface area contributed by atoms with Gasteiger partial charge in [-0.1, -0.05) is 6.42 Å².